The number of aromatic nitrogens is 2. The molecule has 0 spiro atoms. The summed E-state index contributed by atoms with van der Waals surface area (Å²) in [5.74, 6) is -0.145. The van der Waals surface area contributed by atoms with Gasteiger partial charge in [0.25, 0.3) is 5.91 Å². The number of amides is 1. The molecule has 0 atom stereocenters. The number of nitrogens with zero attached hydrogens (tertiary/aromatic N) is 2. The lowest BCUT2D eigenvalue weighted by Crippen LogP contribution is -2.17. The smallest absolute Gasteiger partial charge is 0.272 e. The van der Waals surface area contributed by atoms with E-state index in [0.717, 1.165) is 37.5 Å². The molecule has 5 aromatic rings. The largest absolute Gasteiger partial charge is 0.332 e. The Bertz CT molecular complexity index is 1380. The lowest BCUT2D eigenvalue weighted by atomic mass is 10.2. The standard InChI is InChI=1S/C25H18BrN3O/c26-20-9-11-23-19(13-20)14-24(29(23)16-17-5-2-1-3-6-17)25(30)28-21-10-8-18-7-4-12-27-22(18)15-21/h1-15H,16H2,(H,28,30). The minimum Gasteiger partial charge on any atom is -0.332 e. The van der Waals surface area contributed by atoms with E-state index in [-0.39, 0.29) is 5.91 Å². The van der Waals surface area contributed by atoms with Crippen LogP contribution in [0.3, 0.4) is 0 Å². The van der Waals surface area contributed by atoms with Crippen LogP contribution in [-0.4, -0.2) is 15.5 Å². The topological polar surface area (TPSA) is 46.9 Å². The van der Waals surface area contributed by atoms with Gasteiger partial charge in [-0.2, -0.15) is 0 Å². The number of carbonyl (C=O) groups is 1. The molecule has 0 aliphatic rings. The fraction of sp³-hybridized carbons (Fsp3) is 0.0400. The Morgan fingerprint density at radius 1 is 0.900 bits per heavy atom. The van der Waals surface area contributed by atoms with E-state index in [0.29, 0.717) is 12.2 Å². The van der Waals surface area contributed by atoms with Crippen molar-refractivity contribution >= 4 is 49.3 Å². The van der Waals surface area contributed by atoms with Crippen LogP contribution < -0.4 is 5.32 Å². The summed E-state index contributed by atoms with van der Waals surface area (Å²) in [5.41, 5.74) is 4.36. The summed E-state index contributed by atoms with van der Waals surface area (Å²) in [7, 11) is 0. The molecule has 0 radical (unpaired) electrons. The average Bonchev–Trinajstić information content (AvgIpc) is 3.12. The van der Waals surface area contributed by atoms with Gasteiger partial charge in [-0.25, -0.2) is 0 Å². The fourth-order valence-corrected chi connectivity index (χ4v) is 4.08. The maximum absolute atomic E-state index is 13.3. The lowest BCUT2D eigenvalue weighted by Gasteiger charge is -2.12. The second kappa shape index (κ2) is 7.76. The van der Waals surface area contributed by atoms with Crippen molar-refractivity contribution in [2.24, 2.45) is 0 Å². The number of hydrogen-bond acceptors (Lipinski definition) is 2. The monoisotopic (exact) mass is 455 g/mol. The van der Waals surface area contributed by atoms with Gasteiger partial charge in [0.2, 0.25) is 0 Å². The van der Waals surface area contributed by atoms with E-state index in [1.54, 1.807) is 6.20 Å². The molecule has 0 saturated heterocycles. The predicted octanol–water partition coefficient (Wildman–Crippen LogP) is 6.25. The number of benzene rings is 3. The van der Waals surface area contributed by atoms with Gasteiger partial charge in [-0.15, -0.1) is 0 Å². The van der Waals surface area contributed by atoms with Crippen molar-refractivity contribution in [3.63, 3.8) is 0 Å². The van der Waals surface area contributed by atoms with Crippen LogP contribution in [0.5, 0.6) is 0 Å². The first-order chi connectivity index (χ1) is 14.7. The van der Waals surface area contributed by atoms with E-state index in [1.165, 1.54) is 0 Å². The molecular weight excluding hydrogens is 438 g/mol. The highest BCUT2D eigenvalue weighted by Crippen LogP contribution is 2.26. The van der Waals surface area contributed by atoms with Crippen LogP contribution in [0.1, 0.15) is 16.1 Å². The van der Waals surface area contributed by atoms with Crippen molar-refractivity contribution in [2.75, 3.05) is 5.32 Å². The van der Waals surface area contributed by atoms with Crippen molar-refractivity contribution in [1.29, 1.82) is 0 Å². The summed E-state index contributed by atoms with van der Waals surface area (Å²) in [5, 5.41) is 5.10. The van der Waals surface area contributed by atoms with Crippen LogP contribution >= 0.6 is 15.9 Å². The van der Waals surface area contributed by atoms with Crippen LogP contribution in [0.2, 0.25) is 0 Å². The zero-order valence-electron chi connectivity index (χ0n) is 16.0. The minimum atomic E-state index is -0.145. The van der Waals surface area contributed by atoms with Gasteiger partial charge in [0.05, 0.1) is 5.52 Å². The molecule has 1 amide bonds. The van der Waals surface area contributed by atoms with Gasteiger partial charge in [0, 0.05) is 39.2 Å². The summed E-state index contributed by atoms with van der Waals surface area (Å²) in [6.45, 7) is 0.619. The van der Waals surface area contributed by atoms with E-state index >= 15 is 0 Å². The highest BCUT2D eigenvalue weighted by Gasteiger charge is 2.17. The van der Waals surface area contributed by atoms with Crippen molar-refractivity contribution in [1.82, 2.24) is 9.55 Å². The van der Waals surface area contributed by atoms with E-state index in [2.05, 4.69) is 42.9 Å². The molecule has 1 N–H and O–H groups in total. The van der Waals surface area contributed by atoms with Crippen molar-refractivity contribution in [2.45, 2.75) is 6.54 Å². The van der Waals surface area contributed by atoms with Crippen molar-refractivity contribution in [3.05, 3.63) is 107 Å². The summed E-state index contributed by atoms with van der Waals surface area (Å²) in [6, 6.07) is 27.9. The summed E-state index contributed by atoms with van der Waals surface area (Å²) >= 11 is 3.53. The van der Waals surface area contributed by atoms with Gasteiger partial charge < -0.3 is 9.88 Å². The lowest BCUT2D eigenvalue weighted by molar-refractivity contribution is 0.101. The molecule has 4 nitrogen and oxygen atoms in total. The molecule has 5 heteroatoms. The minimum absolute atomic E-state index is 0.145. The first kappa shape index (κ1) is 18.6. The molecule has 146 valence electrons. The molecule has 3 aromatic carbocycles. The molecule has 0 saturated carbocycles. The van der Waals surface area contributed by atoms with Gasteiger partial charge in [-0.1, -0.05) is 58.4 Å². The summed E-state index contributed by atoms with van der Waals surface area (Å²) in [4.78, 5) is 17.6. The quantitative estimate of drug-likeness (QED) is 0.347. The second-order valence-corrected chi connectivity index (χ2v) is 8.09. The Morgan fingerprint density at radius 3 is 2.63 bits per heavy atom. The SMILES string of the molecule is O=C(Nc1ccc2cccnc2c1)c1cc2cc(Br)ccc2n1Cc1ccccc1. The first-order valence-corrected chi connectivity index (χ1v) is 10.5. The predicted molar refractivity (Wildman–Crippen MR) is 125 cm³/mol. The number of pyridine rings is 1. The maximum atomic E-state index is 13.3. The highest BCUT2D eigenvalue weighted by molar-refractivity contribution is 9.10. The average molecular weight is 456 g/mol. The van der Waals surface area contributed by atoms with Crippen LogP contribution in [0, 0.1) is 0 Å². The molecule has 30 heavy (non-hydrogen) atoms. The normalized spacial score (nSPS) is 11.1. The molecule has 0 bridgehead atoms. The molecule has 5 rings (SSSR count). The number of halogens is 1. The van der Waals surface area contributed by atoms with Gasteiger partial charge >= 0.3 is 0 Å². The van der Waals surface area contributed by atoms with Crippen molar-refractivity contribution in [3.8, 4) is 0 Å². The molecule has 2 aromatic heterocycles. The molecule has 0 aliphatic heterocycles. The van der Waals surface area contributed by atoms with E-state index in [4.69, 9.17) is 0 Å². The first-order valence-electron chi connectivity index (χ1n) is 9.66. The Kier molecular flexibility index (Phi) is 4.81. The number of rotatable bonds is 4. The highest BCUT2D eigenvalue weighted by atomic mass is 79.9. The third kappa shape index (κ3) is 3.60. The number of carbonyl (C=O) groups excluding carboxylic acids is 1. The molecule has 0 fully saturated rings. The van der Waals surface area contributed by atoms with Gasteiger partial charge in [-0.05, 0) is 48.0 Å². The van der Waals surface area contributed by atoms with Crippen LogP contribution in [0.25, 0.3) is 21.8 Å². The Balaban J connectivity index is 1.54. The zero-order valence-corrected chi connectivity index (χ0v) is 17.6. The summed E-state index contributed by atoms with van der Waals surface area (Å²) < 4.78 is 3.05. The van der Waals surface area contributed by atoms with E-state index < -0.39 is 0 Å². The Morgan fingerprint density at radius 2 is 1.77 bits per heavy atom. The number of anilines is 1. The number of hydrogen-bond donors (Lipinski definition) is 1. The molecule has 2 heterocycles. The summed E-state index contributed by atoms with van der Waals surface area (Å²) in [6.07, 6.45) is 1.75. The Hall–Kier alpha value is -3.44. The fourth-order valence-electron chi connectivity index (χ4n) is 3.71. The van der Waals surface area contributed by atoms with Gasteiger partial charge in [0.15, 0.2) is 0 Å². The Labute approximate surface area is 182 Å². The van der Waals surface area contributed by atoms with Gasteiger partial charge in [0.1, 0.15) is 5.69 Å². The van der Waals surface area contributed by atoms with Gasteiger partial charge in [-0.3, -0.25) is 9.78 Å². The van der Waals surface area contributed by atoms with Crippen LogP contribution in [0.4, 0.5) is 5.69 Å². The zero-order chi connectivity index (χ0) is 20.5. The molecular formula is C25H18BrN3O. The second-order valence-electron chi connectivity index (χ2n) is 7.17. The number of fused-ring (bicyclic) bond motifs is 2. The molecule has 0 unspecified atom stereocenters. The van der Waals surface area contributed by atoms with Crippen molar-refractivity contribution < 1.29 is 4.79 Å². The molecule has 0 aliphatic carbocycles. The third-order valence-electron chi connectivity index (χ3n) is 5.14. The van der Waals surface area contributed by atoms with E-state index in [9.17, 15) is 4.79 Å². The van der Waals surface area contributed by atoms with Crippen LogP contribution in [-0.2, 0) is 6.54 Å². The number of nitrogens with one attached hydrogen (secondary N) is 1. The van der Waals surface area contributed by atoms with Crippen LogP contribution in [0.15, 0.2) is 95.6 Å². The van der Waals surface area contributed by atoms with E-state index in [1.807, 2.05) is 72.8 Å². The maximum Gasteiger partial charge on any atom is 0.272 e. The third-order valence-corrected chi connectivity index (χ3v) is 5.64.